The minimum absolute atomic E-state index is 0.0113. The van der Waals surface area contributed by atoms with Crippen LogP contribution in [0.25, 0.3) is 0 Å². The van der Waals surface area contributed by atoms with Crippen molar-refractivity contribution in [1.29, 1.82) is 0 Å². The van der Waals surface area contributed by atoms with Crippen LogP contribution >= 0.6 is 0 Å². The van der Waals surface area contributed by atoms with Gasteiger partial charge in [-0.2, -0.15) is 0 Å². The topological polar surface area (TPSA) is 95.8 Å². The van der Waals surface area contributed by atoms with Gasteiger partial charge in [-0.3, -0.25) is 9.36 Å². The number of rotatable bonds is 2. The Morgan fingerprint density at radius 1 is 1.29 bits per heavy atom. The van der Waals surface area contributed by atoms with Gasteiger partial charge in [-0.15, -0.1) is 0 Å². The SMILES string of the molecule is Cn1cc(N)c(=O)n(Cc2ncccn2)c1=O. The summed E-state index contributed by atoms with van der Waals surface area (Å²) in [6, 6.07) is 1.66. The van der Waals surface area contributed by atoms with E-state index < -0.39 is 11.2 Å². The van der Waals surface area contributed by atoms with E-state index in [0.717, 1.165) is 4.57 Å². The van der Waals surface area contributed by atoms with Crippen molar-refractivity contribution in [2.75, 3.05) is 5.73 Å². The first-order valence-electron chi connectivity index (χ1n) is 4.91. The largest absolute Gasteiger partial charge is 0.393 e. The molecule has 2 heterocycles. The molecule has 0 aliphatic carbocycles. The molecule has 2 aromatic heterocycles. The lowest BCUT2D eigenvalue weighted by Gasteiger charge is -2.06. The van der Waals surface area contributed by atoms with Crippen molar-refractivity contribution in [3.05, 3.63) is 51.3 Å². The summed E-state index contributed by atoms with van der Waals surface area (Å²) in [5.74, 6) is 0.386. The van der Waals surface area contributed by atoms with E-state index in [4.69, 9.17) is 5.73 Å². The van der Waals surface area contributed by atoms with Gasteiger partial charge in [-0.05, 0) is 6.07 Å². The van der Waals surface area contributed by atoms with Crippen LogP contribution in [0.2, 0.25) is 0 Å². The first kappa shape index (κ1) is 11.1. The van der Waals surface area contributed by atoms with E-state index >= 15 is 0 Å². The number of nitrogens with two attached hydrogens (primary N) is 1. The molecule has 0 radical (unpaired) electrons. The van der Waals surface area contributed by atoms with Crippen molar-refractivity contribution in [3.8, 4) is 0 Å². The van der Waals surface area contributed by atoms with Crippen molar-refractivity contribution in [3.63, 3.8) is 0 Å². The standard InChI is InChI=1S/C10H11N5O2/c1-14-5-7(11)9(16)15(10(14)17)6-8-12-3-2-4-13-8/h2-5H,6,11H2,1H3. The summed E-state index contributed by atoms with van der Waals surface area (Å²) in [4.78, 5) is 31.4. The molecular formula is C10H11N5O2. The van der Waals surface area contributed by atoms with Crippen LogP contribution in [0, 0.1) is 0 Å². The minimum Gasteiger partial charge on any atom is -0.393 e. The number of anilines is 1. The van der Waals surface area contributed by atoms with Crippen molar-refractivity contribution in [2.45, 2.75) is 6.54 Å². The summed E-state index contributed by atoms with van der Waals surface area (Å²) in [6.45, 7) is 0.0113. The molecule has 88 valence electrons. The van der Waals surface area contributed by atoms with Gasteiger partial charge in [0.15, 0.2) is 0 Å². The van der Waals surface area contributed by atoms with Gasteiger partial charge in [0.25, 0.3) is 5.56 Å². The van der Waals surface area contributed by atoms with E-state index in [2.05, 4.69) is 9.97 Å². The summed E-state index contributed by atoms with van der Waals surface area (Å²) in [5.41, 5.74) is 4.55. The maximum Gasteiger partial charge on any atom is 0.331 e. The predicted molar refractivity (Wildman–Crippen MR) is 61.5 cm³/mol. The molecule has 0 unspecified atom stereocenters. The second kappa shape index (κ2) is 4.20. The molecule has 2 rings (SSSR count). The zero-order valence-corrected chi connectivity index (χ0v) is 9.20. The number of nitrogen functional groups attached to an aromatic ring is 1. The van der Waals surface area contributed by atoms with Crippen LogP contribution in [0.15, 0.2) is 34.2 Å². The van der Waals surface area contributed by atoms with Crippen molar-refractivity contribution < 1.29 is 0 Å². The normalized spacial score (nSPS) is 10.4. The van der Waals surface area contributed by atoms with Gasteiger partial charge < -0.3 is 10.3 Å². The zero-order chi connectivity index (χ0) is 12.4. The molecule has 0 saturated carbocycles. The number of hydrogen-bond acceptors (Lipinski definition) is 5. The van der Waals surface area contributed by atoms with Gasteiger partial charge in [0, 0.05) is 25.6 Å². The van der Waals surface area contributed by atoms with Crippen molar-refractivity contribution >= 4 is 5.69 Å². The van der Waals surface area contributed by atoms with Gasteiger partial charge in [-0.25, -0.2) is 14.8 Å². The molecule has 0 fully saturated rings. The van der Waals surface area contributed by atoms with Gasteiger partial charge in [0.05, 0.1) is 6.54 Å². The van der Waals surface area contributed by atoms with Crippen molar-refractivity contribution in [2.24, 2.45) is 7.05 Å². The molecule has 7 nitrogen and oxygen atoms in total. The fourth-order valence-corrected chi connectivity index (χ4v) is 1.44. The molecule has 2 N–H and O–H groups in total. The van der Waals surface area contributed by atoms with Gasteiger partial charge in [0.1, 0.15) is 11.5 Å². The first-order valence-corrected chi connectivity index (χ1v) is 4.91. The highest BCUT2D eigenvalue weighted by Crippen LogP contribution is 1.92. The maximum atomic E-state index is 11.8. The molecule has 7 heteroatoms. The molecule has 0 aromatic carbocycles. The summed E-state index contributed by atoms with van der Waals surface area (Å²) in [6.07, 6.45) is 4.39. The van der Waals surface area contributed by atoms with Crippen LogP contribution in [-0.2, 0) is 13.6 Å². The average Bonchev–Trinajstić information content (AvgIpc) is 2.33. The van der Waals surface area contributed by atoms with Crippen LogP contribution < -0.4 is 17.0 Å². The quantitative estimate of drug-likeness (QED) is 0.715. The third kappa shape index (κ3) is 2.07. The van der Waals surface area contributed by atoms with Crippen LogP contribution in [0.3, 0.4) is 0 Å². The highest BCUT2D eigenvalue weighted by atomic mass is 16.2. The van der Waals surface area contributed by atoms with Crippen molar-refractivity contribution in [1.82, 2.24) is 19.1 Å². The molecule has 0 spiro atoms. The number of aryl methyl sites for hydroxylation is 1. The van der Waals surface area contributed by atoms with Gasteiger partial charge in [0.2, 0.25) is 0 Å². The molecule has 0 amide bonds. The smallest absolute Gasteiger partial charge is 0.331 e. The fourth-order valence-electron chi connectivity index (χ4n) is 1.44. The molecule has 0 atom stereocenters. The molecule has 0 aliphatic rings. The minimum atomic E-state index is -0.527. The molecule has 2 aromatic rings. The lowest BCUT2D eigenvalue weighted by atomic mass is 10.4. The summed E-state index contributed by atoms with van der Waals surface area (Å²) >= 11 is 0. The van der Waals surface area contributed by atoms with E-state index in [1.165, 1.54) is 17.8 Å². The Hall–Kier alpha value is -2.44. The lowest BCUT2D eigenvalue weighted by Crippen LogP contribution is -2.40. The van der Waals surface area contributed by atoms with Crippen LogP contribution in [-0.4, -0.2) is 19.1 Å². The number of aromatic nitrogens is 4. The molecule has 0 saturated heterocycles. The van der Waals surface area contributed by atoms with Gasteiger partial charge >= 0.3 is 5.69 Å². The van der Waals surface area contributed by atoms with E-state index in [9.17, 15) is 9.59 Å². The fraction of sp³-hybridized carbons (Fsp3) is 0.200. The van der Waals surface area contributed by atoms with E-state index in [1.54, 1.807) is 18.5 Å². The summed E-state index contributed by atoms with van der Waals surface area (Å²) in [7, 11) is 1.53. The third-order valence-electron chi connectivity index (χ3n) is 2.28. The summed E-state index contributed by atoms with van der Waals surface area (Å²) < 4.78 is 2.25. The Morgan fingerprint density at radius 2 is 1.94 bits per heavy atom. The predicted octanol–water partition coefficient (Wildman–Crippen LogP) is -1.03. The molecular weight excluding hydrogens is 222 g/mol. The van der Waals surface area contributed by atoms with Crippen LogP contribution in [0.1, 0.15) is 5.82 Å². The van der Waals surface area contributed by atoms with Gasteiger partial charge in [-0.1, -0.05) is 0 Å². The van der Waals surface area contributed by atoms with E-state index in [-0.39, 0.29) is 12.2 Å². The first-order chi connectivity index (χ1) is 8.09. The zero-order valence-electron chi connectivity index (χ0n) is 9.20. The highest BCUT2D eigenvalue weighted by molar-refractivity contribution is 5.30. The van der Waals surface area contributed by atoms with E-state index in [1.807, 2.05) is 0 Å². The maximum absolute atomic E-state index is 11.8. The Kier molecular flexibility index (Phi) is 2.73. The Balaban J connectivity index is 2.54. The lowest BCUT2D eigenvalue weighted by molar-refractivity contribution is 0.623. The van der Waals surface area contributed by atoms with E-state index in [0.29, 0.717) is 5.82 Å². The Morgan fingerprint density at radius 3 is 2.59 bits per heavy atom. The third-order valence-corrected chi connectivity index (χ3v) is 2.28. The molecule has 0 bridgehead atoms. The molecule has 17 heavy (non-hydrogen) atoms. The second-order valence-corrected chi connectivity index (χ2v) is 3.53. The monoisotopic (exact) mass is 233 g/mol. The Bertz CT molecular complexity index is 610. The summed E-state index contributed by atoms with van der Waals surface area (Å²) in [5, 5.41) is 0. The Labute approximate surface area is 96.2 Å². The van der Waals surface area contributed by atoms with Crippen LogP contribution in [0.5, 0.6) is 0 Å². The number of hydrogen-bond donors (Lipinski definition) is 1. The molecule has 0 aliphatic heterocycles. The van der Waals surface area contributed by atoms with Crippen LogP contribution in [0.4, 0.5) is 5.69 Å². The average molecular weight is 233 g/mol. The highest BCUT2D eigenvalue weighted by Gasteiger charge is 2.08. The second-order valence-electron chi connectivity index (χ2n) is 3.53. The number of nitrogens with zero attached hydrogens (tertiary/aromatic N) is 4.